The summed E-state index contributed by atoms with van der Waals surface area (Å²) in [5.41, 5.74) is 0.811. The zero-order valence-electron chi connectivity index (χ0n) is 11.8. The van der Waals surface area contributed by atoms with Crippen molar-refractivity contribution in [1.82, 2.24) is 14.5 Å². The fourth-order valence-corrected chi connectivity index (χ4v) is 3.93. The fraction of sp³-hybridized carbons (Fsp3) is 0.625. The van der Waals surface area contributed by atoms with Crippen LogP contribution in [0.15, 0.2) is 18.3 Å². The monoisotopic (exact) mass is 271 g/mol. The molecule has 2 aliphatic heterocycles. The molecule has 20 heavy (non-hydrogen) atoms. The van der Waals surface area contributed by atoms with E-state index in [0.717, 1.165) is 50.4 Å². The number of fused-ring (bicyclic) bond motifs is 2. The lowest BCUT2D eigenvalue weighted by Gasteiger charge is -2.20. The van der Waals surface area contributed by atoms with Crippen molar-refractivity contribution >= 4 is 5.91 Å². The SMILES string of the molecule is O=C(c1cnc2n1CCCC2)N1C[C@H]2CC=CC[C@H]2C1. The minimum Gasteiger partial charge on any atom is -0.337 e. The topological polar surface area (TPSA) is 38.1 Å². The second-order valence-electron chi connectivity index (χ2n) is 6.34. The first-order chi connectivity index (χ1) is 9.83. The molecule has 4 nitrogen and oxygen atoms in total. The van der Waals surface area contributed by atoms with Gasteiger partial charge < -0.3 is 9.47 Å². The van der Waals surface area contributed by atoms with Gasteiger partial charge in [0, 0.05) is 26.1 Å². The smallest absolute Gasteiger partial charge is 0.272 e. The van der Waals surface area contributed by atoms with Gasteiger partial charge in [-0.2, -0.15) is 0 Å². The number of aryl methyl sites for hydroxylation is 1. The number of rotatable bonds is 1. The Balaban J connectivity index is 1.55. The summed E-state index contributed by atoms with van der Waals surface area (Å²) in [5.74, 6) is 2.64. The van der Waals surface area contributed by atoms with E-state index < -0.39 is 0 Å². The molecule has 1 amide bonds. The van der Waals surface area contributed by atoms with Crippen LogP contribution in [0.2, 0.25) is 0 Å². The Morgan fingerprint density at radius 3 is 2.65 bits per heavy atom. The van der Waals surface area contributed by atoms with Crippen LogP contribution in [0.25, 0.3) is 0 Å². The molecule has 2 atom stereocenters. The zero-order valence-corrected chi connectivity index (χ0v) is 11.8. The maximum atomic E-state index is 12.8. The molecule has 0 spiro atoms. The van der Waals surface area contributed by atoms with Gasteiger partial charge in [0.1, 0.15) is 11.5 Å². The number of likely N-dealkylation sites (tertiary alicyclic amines) is 1. The van der Waals surface area contributed by atoms with Crippen molar-refractivity contribution in [1.29, 1.82) is 0 Å². The summed E-state index contributed by atoms with van der Waals surface area (Å²) >= 11 is 0. The molecule has 0 N–H and O–H groups in total. The predicted octanol–water partition coefficient (Wildman–Crippen LogP) is 2.26. The summed E-state index contributed by atoms with van der Waals surface area (Å²) < 4.78 is 2.14. The van der Waals surface area contributed by atoms with E-state index in [1.165, 1.54) is 12.8 Å². The Morgan fingerprint density at radius 1 is 1.15 bits per heavy atom. The predicted molar refractivity (Wildman–Crippen MR) is 76.4 cm³/mol. The molecule has 1 saturated heterocycles. The number of amides is 1. The Labute approximate surface area is 119 Å². The number of imidazole rings is 1. The molecule has 0 bridgehead atoms. The van der Waals surface area contributed by atoms with E-state index in [1.54, 1.807) is 6.20 Å². The van der Waals surface area contributed by atoms with E-state index in [1.807, 2.05) is 0 Å². The third-order valence-corrected chi connectivity index (χ3v) is 5.10. The van der Waals surface area contributed by atoms with Gasteiger partial charge in [0.25, 0.3) is 5.91 Å². The second kappa shape index (κ2) is 4.76. The second-order valence-corrected chi connectivity index (χ2v) is 6.34. The van der Waals surface area contributed by atoms with Crippen molar-refractivity contribution in [3.63, 3.8) is 0 Å². The van der Waals surface area contributed by atoms with Gasteiger partial charge in [-0.25, -0.2) is 4.98 Å². The number of nitrogens with zero attached hydrogens (tertiary/aromatic N) is 3. The van der Waals surface area contributed by atoms with Crippen LogP contribution in [-0.4, -0.2) is 33.4 Å². The minimum atomic E-state index is 0.194. The van der Waals surface area contributed by atoms with E-state index in [0.29, 0.717) is 11.8 Å². The van der Waals surface area contributed by atoms with Gasteiger partial charge in [-0.05, 0) is 37.5 Å². The number of allylic oxidation sites excluding steroid dienone is 2. The van der Waals surface area contributed by atoms with Crippen LogP contribution in [0.4, 0.5) is 0 Å². The Hall–Kier alpha value is -1.58. The highest BCUT2D eigenvalue weighted by atomic mass is 16.2. The summed E-state index contributed by atoms with van der Waals surface area (Å²) in [7, 11) is 0. The number of carbonyl (C=O) groups is 1. The van der Waals surface area contributed by atoms with Crippen LogP contribution in [0, 0.1) is 11.8 Å². The normalized spacial score (nSPS) is 28.3. The number of aromatic nitrogens is 2. The Morgan fingerprint density at radius 2 is 1.90 bits per heavy atom. The molecule has 1 aromatic heterocycles. The molecular weight excluding hydrogens is 250 g/mol. The molecule has 0 saturated carbocycles. The maximum Gasteiger partial charge on any atom is 0.272 e. The lowest BCUT2D eigenvalue weighted by atomic mass is 9.86. The summed E-state index contributed by atoms with van der Waals surface area (Å²) in [6.45, 7) is 2.81. The lowest BCUT2D eigenvalue weighted by molar-refractivity contribution is 0.0772. The van der Waals surface area contributed by atoms with Crippen molar-refractivity contribution in [3.8, 4) is 0 Å². The van der Waals surface area contributed by atoms with Crippen LogP contribution < -0.4 is 0 Å². The molecule has 106 valence electrons. The lowest BCUT2D eigenvalue weighted by Crippen LogP contribution is -2.31. The first-order valence-corrected chi connectivity index (χ1v) is 7.81. The molecule has 0 unspecified atom stereocenters. The number of hydrogen-bond donors (Lipinski definition) is 0. The molecule has 3 heterocycles. The highest BCUT2D eigenvalue weighted by molar-refractivity contribution is 5.92. The molecule has 0 radical (unpaired) electrons. The highest BCUT2D eigenvalue weighted by Crippen LogP contribution is 2.33. The zero-order chi connectivity index (χ0) is 13.5. The van der Waals surface area contributed by atoms with E-state index in [-0.39, 0.29) is 5.91 Å². The average Bonchev–Trinajstić information content (AvgIpc) is 3.10. The van der Waals surface area contributed by atoms with E-state index in [9.17, 15) is 4.79 Å². The van der Waals surface area contributed by atoms with Crippen molar-refractivity contribution in [2.45, 2.75) is 38.6 Å². The minimum absolute atomic E-state index is 0.194. The van der Waals surface area contributed by atoms with Crippen LogP contribution in [-0.2, 0) is 13.0 Å². The van der Waals surface area contributed by atoms with Gasteiger partial charge >= 0.3 is 0 Å². The van der Waals surface area contributed by atoms with Gasteiger partial charge in [-0.15, -0.1) is 0 Å². The van der Waals surface area contributed by atoms with Gasteiger partial charge in [-0.3, -0.25) is 4.79 Å². The Bertz CT molecular complexity index is 544. The van der Waals surface area contributed by atoms with E-state index in [4.69, 9.17) is 0 Å². The largest absolute Gasteiger partial charge is 0.337 e. The number of carbonyl (C=O) groups excluding carboxylic acids is 1. The van der Waals surface area contributed by atoms with Crippen LogP contribution >= 0.6 is 0 Å². The van der Waals surface area contributed by atoms with Crippen LogP contribution in [0.1, 0.15) is 42.0 Å². The molecular formula is C16H21N3O. The standard InChI is InChI=1S/C16H21N3O/c20-16(14-9-17-15-7-3-4-8-19(14)15)18-10-12-5-1-2-6-13(12)11-18/h1-2,9,12-13H,3-8,10-11H2/t12-,13+. The quantitative estimate of drug-likeness (QED) is 0.735. The van der Waals surface area contributed by atoms with Crippen molar-refractivity contribution in [3.05, 3.63) is 29.9 Å². The van der Waals surface area contributed by atoms with Gasteiger partial charge in [-0.1, -0.05) is 12.2 Å². The number of hydrogen-bond acceptors (Lipinski definition) is 2. The average molecular weight is 271 g/mol. The van der Waals surface area contributed by atoms with Crippen LogP contribution in [0.5, 0.6) is 0 Å². The summed E-state index contributed by atoms with van der Waals surface area (Å²) in [6.07, 6.45) is 12.0. The van der Waals surface area contributed by atoms with Gasteiger partial charge in [0.05, 0.1) is 6.20 Å². The van der Waals surface area contributed by atoms with Crippen LogP contribution in [0.3, 0.4) is 0 Å². The molecule has 4 rings (SSSR count). The van der Waals surface area contributed by atoms with Gasteiger partial charge in [0.15, 0.2) is 0 Å². The first kappa shape index (κ1) is 12.2. The summed E-state index contributed by atoms with van der Waals surface area (Å²) in [5, 5.41) is 0. The fourth-order valence-electron chi connectivity index (χ4n) is 3.93. The maximum absolute atomic E-state index is 12.8. The van der Waals surface area contributed by atoms with E-state index >= 15 is 0 Å². The molecule has 0 aromatic carbocycles. The third kappa shape index (κ3) is 1.89. The first-order valence-electron chi connectivity index (χ1n) is 7.81. The third-order valence-electron chi connectivity index (χ3n) is 5.10. The molecule has 1 aromatic rings. The molecule has 1 aliphatic carbocycles. The van der Waals surface area contributed by atoms with Crippen molar-refractivity contribution < 1.29 is 4.79 Å². The summed E-state index contributed by atoms with van der Waals surface area (Å²) in [4.78, 5) is 19.3. The van der Waals surface area contributed by atoms with Gasteiger partial charge in [0.2, 0.25) is 0 Å². The Kier molecular flexibility index (Phi) is 2.90. The highest BCUT2D eigenvalue weighted by Gasteiger charge is 2.36. The molecule has 3 aliphatic rings. The van der Waals surface area contributed by atoms with Crippen molar-refractivity contribution in [2.75, 3.05) is 13.1 Å². The van der Waals surface area contributed by atoms with E-state index in [2.05, 4.69) is 26.6 Å². The summed E-state index contributed by atoms with van der Waals surface area (Å²) in [6, 6.07) is 0. The molecule has 4 heteroatoms. The van der Waals surface area contributed by atoms with Crippen molar-refractivity contribution in [2.24, 2.45) is 11.8 Å². The molecule has 1 fully saturated rings.